The van der Waals surface area contributed by atoms with Crippen molar-refractivity contribution in [2.75, 3.05) is 19.0 Å². The molecule has 0 aliphatic carbocycles. The monoisotopic (exact) mass is 311 g/mol. The second kappa shape index (κ2) is 5.72. The topological polar surface area (TPSA) is 78.5 Å². The highest BCUT2D eigenvalue weighted by Gasteiger charge is 2.34. The third-order valence-electron chi connectivity index (χ3n) is 4.00. The summed E-state index contributed by atoms with van der Waals surface area (Å²) in [4.78, 5) is 37.0. The van der Waals surface area contributed by atoms with Crippen molar-refractivity contribution in [2.24, 2.45) is 5.92 Å². The van der Waals surface area contributed by atoms with Crippen molar-refractivity contribution in [3.63, 3.8) is 0 Å². The number of barbiturate groups is 1. The molecule has 1 saturated heterocycles. The first-order chi connectivity index (χ1) is 11.0. The van der Waals surface area contributed by atoms with E-state index in [0.29, 0.717) is 0 Å². The fourth-order valence-electron chi connectivity index (χ4n) is 2.87. The molecule has 6 heteroatoms. The van der Waals surface area contributed by atoms with Gasteiger partial charge in [-0.05, 0) is 23.4 Å². The van der Waals surface area contributed by atoms with Crippen LogP contribution in [0.15, 0.2) is 36.4 Å². The number of benzene rings is 2. The van der Waals surface area contributed by atoms with Crippen LogP contribution in [0, 0.1) is 5.92 Å². The summed E-state index contributed by atoms with van der Waals surface area (Å²) in [7, 11) is 3.93. The Balaban J connectivity index is 2.01. The molecule has 4 amide bonds. The second-order valence-corrected chi connectivity index (χ2v) is 5.75. The van der Waals surface area contributed by atoms with Crippen LogP contribution in [-0.4, -0.2) is 31.9 Å². The quantitative estimate of drug-likeness (QED) is 0.841. The van der Waals surface area contributed by atoms with Crippen molar-refractivity contribution in [1.82, 2.24) is 10.6 Å². The molecule has 0 atom stereocenters. The van der Waals surface area contributed by atoms with Gasteiger partial charge in [0.1, 0.15) is 5.92 Å². The van der Waals surface area contributed by atoms with Gasteiger partial charge in [-0.25, -0.2) is 4.79 Å². The lowest BCUT2D eigenvalue weighted by molar-refractivity contribution is -0.135. The number of imide groups is 2. The van der Waals surface area contributed by atoms with Crippen LogP contribution in [0.3, 0.4) is 0 Å². The van der Waals surface area contributed by atoms with Crippen molar-refractivity contribution in [1.29, 1.82) is 0 Å². The van der Waals surface area contributed by atoms with Gasteiger partial charge in [-0.3, -0.25) is 20.2 Å². The highest BCUT2D eigenvalue weighted by Crippen LogP contribution is 2.30. The SMILES string of the molecule is CN(C)c1ccc(CC2C(=O)NC(=O)NC2=O)c2ccccc12. The number of carbonyl (C=O) groups excluding carboxylic acids is 3. The standard InChI is InChI=1S/C17H17N3O3/c1-20(2)14-8-7-10(11-5-3-4-6-12(11)14)9-13-15(21)18-17(23)19-16(13)22/h3-8,13H,9H2,1-2H3,(H2,18,19,21,22,23). The minimum absolute atomic E-state index is 0.249. The first-order valence-corrected chi connectivity index (χ1v) is 7.31. The number of rotatable bonds is 3. The lowest BCUT2D eigenvalue weighted by atomic mass is 9.92. The van der Waals surface area contributed by atoms with Gasteiger partial charge in [0, 0.05) is 25.2 Å². The summed E-state index contributed by atoms with van der Waals surface area (Å²) in [6.07, 6.45) is 0.249. The Bertz CT molecular complexity index is 794. The van der Waals surface area contributed by atoms with Crippen molar-refractivity contribution in [3.8, 4) is 0 Å². The van der Waals surface area contributed by atoms with Gasteiger partial charge < -0.3 is 4.90 Å². The van der Waals surface area contributed by atoms with Gasteiger partial charge in [0.25, 0.3) is 0 Å². The molecule has 0 saturated carbocycles. The maximum absolute atomic E-state index is 11.9. The summed E-state index contributed by atoms with van der Waals surface area (Å²) in [6, 6.07) is 11.0. The molecular formula is C17H17N3O3. The predicted molar refractivity (Wildman–Crippen MR) is 87.2 cm³/mol. The zero-order chi connectivity index (χ0) is 16.6. The molecule has 2 aromatic rings. The zero-order valence-electron chi connectivity index (χ0n) is 12.9. The van der Waals surface area contributed by atoms with Crippen LogP contribution < -0.4 is 15.5 Å². The van der Waals surface area contributed by atoms with Gasteiger partial charge in [0.15, 0.2) is 0 Å². The van der Waals surface area contributed by atoms with E-state index in [9.17, 15) is 14.4 Å². The van der Waals surface area contributed by atoms with E-state index in [1.54, 1.807) is 0 Å². The fourth-order valence-corrected chi connectivity index (χ4v) is 2.87. The molecule has 23 heavy (non-hydrogen) atoms. The van der Waals surface area contributed by atoms with Crippen LogP contribution in [-0.2, 0) is 16.0 Å². The van der Waals surface area contributed by atoms with Gasteiger partial charge in [-0.15, -0.1) is 0 Å². The largest absolute Gasteiger partial charge is 0.377 e. The molecule has 1 fully saturated rings. The summed E-state index contributed by atoms with van der Waals surface area (Å²) in [5, 5.41) is 6.33. The van der Waals surface area contributed by atoms with E-state index in [1.807, 2.05) is 55.4 Å². The third kappa shape index (κ3) is 2.75. The predicted octanol–water partition coefficient (Wildman–Crippen LogP) is 1.43. The van der Waals surface area contributed by atoms with E-state index < -0.39 is 23.8 Å². The van der Waals surface area contributed by atoms with Gasteiger partial charge in [-0.1, -0.05) is 30.3 Å². The number of fused-ring (bicyclic) bond motifs is 1. The molecule has 0 radical (unpaired) electrons. The van der Waals surface area contributed by atoms with E-state index in [2.05, 4.69) is 10.6 Å². The summed E-state index contributed by atoms with van der Waals surface area (Å²) < 4.78 is 0. The Hall–Kier alpha value is -2.89. The lowest BCUT2D eigenvalue weighted by Gasteiger charge is -2.22. The molecular weight excluding hydrogens is 294 g/mol. The van der Waals surface area contributed by atoms with Crippen LogP contribution in [0.5, 0.6) is 0 Å². The van der Waals surface area contributed by atoms with E-state index in [1.165, 1.54) is 0 Å². The van der Waals surface area contributed by atoms with E-state index in [-0.39, 0.29) is 6.42 Å². The molecule has 1 aliphatic heterocycles. The van der Waals surface area contributed by atoms with Crippen molar-refractivity contribution in [2.45, 2.75) is 6.42 Å². The summed E-state index contributed by atoms with van der Waals surface area (Å²) in [5.74, 6) is -2.01. The molecule has 2 aromatic carbocycles. The minimum Gasteiger partial charge on any atom is -0.377 e. The number of urea groups is 1. The number of nitrogens with zero attached hydrogens (tertiary/aromatic N) is 1. The van der Waals surface area contributed by atoms with Crippen LogP contribution >= 0.6 is 0 Å². The lowest BCUT2D eigenvalue weighted by Crippen LogP contribution is -2.56. The molecule has 3 rings (SSSR count). The van der Waals surface area contributed by atoms with Crippen LogP contribution in [0.1, 0.15) is 5.56 Å². The Kier molecular flexibility index (Phi) is 3.73. The molecule has 0 spiro atoms. The summed E-state index contributed by atoms with van der Waals surface area (Å²) in [5.41, 5.74) is 1.97. The Labute approximate surface area is 133 Å². The zero-order valence-corrected chi connectivity index (χ0v) is 12.9. The van der Waals surface area contributed by atoms with Crippen molar-refractivity contribution < 1.29 is 14.4 Å². The normalized spacial score (nSPS) is 15.5. The molecule has 1 heterocycles. The van der Waals surface area contributed by atoms with Crippen LogP contribution in [0.2, 0.25) is 0 Å². The van der Waals surface area contributed by atoms with Crippen molar-refractivity contribution in [3.05, 3.63) is 42.0 Å². The Morgan fingerprint density at radius 3 is 2.13 bits per heavy atom. The summed E-state index contributed by atoms with van der Waals surface area (Å²) in [6.45, 7) is 0. The molecule has 6 nitrogen and oxygen atoms in total. The van der Waals surface area contributed by atoms with Crippen LogP contribution in [0.25, 0.3) is 10.8 Å². The highest BCUT2D eigenvalue weighted by atomic mass is 16.2. The van der Waals surface area contributed by atoms with Crippen molar-refractivity contribution >= 4 is 34.3 Å². The maximum atomic E-state index is 11.9. The average Bonchev–Trinajstić information content (AvgIpc) is 2.50. The maximum Gasteiger partial charge on any atom is 0.328 e. The highest BCUT2D eigenvalue weighted by molar-refractivity contribution is 6.16. The average molecular weight is 311 g/mol. The molecule has 0 unspecified atom stereocenters. The number of carbonyl (C=O) groups is 3. The summed E-state index contributed by atoms with van der Waals surface area (Å²) >= 11 is 0. The molecule has 2 N–H and O–H groups in total. The van der Waals surface area contributed by atoms with Gasteiger partial charge >= 0.3 is 6.03 Å². The van der Waals surface area contributed by atoms with Crippen LogP contribution in [0.4, 0.5) is 10.5 Å². The fraction of sp³-hybridized carbons (Fsp3) is 0.235. The van der Waals surface area contributed by atoms with Gasteiger partial charge in [0.05, 0.1) is 0 Å². The Morgan fingerprint density at radius 1 is 0.913 bits per heavy atom. The van der Waals surface area contributed by atoms with E-state index in [4.69, 9.17) is 0 Å². The van der Waals surface area contributed by atoms with E-state index >= 15 is 0 Å². The smallest absolute Gasteiger partial charge is 0.328 e. The number of hydrogen-bond donors (Lipinski definition) is 2. The molecule has 118 valence electrons. The first-order valence-electron chi connectivity index (χ1n) is 7.31. The number of nitrogens with one attached hydrogen (secondary N) is 2. The molecule has 1 aliphatic rings. The number of amides is 4. The van der Waals surface area contributed by atoms with Gasteiger partial charge in [-0.2, -0.15) is 0 Å². The minimum atomic E-state index is -0.902. The Morgan fingerprint density at radius 2 is 1.52 bits per heavy atom. The molecule has 0 aromatic heterocycles. The first kappa shape index (κ1) is 15.0. The third-order valence-corrected chi connectivity index (χ3v) is 4.00. The number of anilines is 1. The second-order valence-electron chi connectivity index (χ2n) is 5.75. The number of hydrogen-bond acceptors (Lipinski definition) is 4. The van der Waals surface area contributed by atoms with E-state index in [0.717, 1.165) is 22.0 Å². The van der Waals surface area contributed by atoms with Gasteiger partial charge in [0.2, 0.25) is 11.8 Å². The molecule has 0 bridgehead atoms.